The standard InChI is InChI=1S/C14H22N2O5S.ClH/c1-8-11(13(17)20-4)12(9(2)21-8)22(18,19)16-14(3,7-15)10-5-6-10;/h10,16H,5-7,15H2,1-4H3;1H. The number of nitrogens with two attached hydrogens (primary N) is 1. The van der Waals surface area contributed by atoms with Gasteiger partial charge < -0.3 is 14.9 Å². The maximum atomic E-state index is 12.8. The van der Waals surface area contributed by atoms with E-state index in [0.29, 0.717) is 0 Å². The van der Waals surface area contributed by atoms with Crippen LogP contribution in [0.4, 0.5) is 0 Å². The lowest BCUT2D eigenvalue weighted by Crippen LogP contribution is -2.53. The number of aryl methyl sites for hydroxylation is 2. The third-order valence-electron chi connectivity index (χ3n) is 4.13. The SMILES string of the molecule is COC(=O)c1c(C)oc(C)c1S(=O)(=O)NC(C)(CN)C1CC1.Cl. The number of methoxy groups -OCH3 is 1. The largest absolute Gasteiger partial charge is 0.465 e. The third kappa shape index (κ3) is 3.71. The van der Waals surface area contributed by atoms with Gasteiger partial charge in [-0.15, -0.1) is 12.4 Å². The zero-order valence-corrected chi connectivity index (χ0v) is 15.3. The van der Waals surface area contributed by atoms with Gasteiger partial charge in [0.15, 0.2) is 0 Å². The fraction of sp³-hybridized carbons (Fsp3) is 0.643. The number of hydrogen-bond donors (Lipinski definition) is 2. The van der Waals surface area contributed by atoms with E-state index in [0.717, 1.165) is 12.8 Å². The van der Waals surface area contributed by atoms with Gasteiger partial charge >= 0.3 is 5.97 Å². The van der Waals surface area contributed by atoms with Crippen molar-refractivity contribution < 1.29 is 22.4 Å². The summed E-state index contributed by atoms with van der Waals surface area (Å²) in [5.74, 6) is -0.163. The number of sulfonamides is 1. The first-order valence-electron chi connectivity index (χ1n) is 7.08. The molecule has 0 radical (unpaired) electrons. The summed E-state index contributed by atoms with van der Waals surface area (Å²) in [5, 5.41) is 0. The van der Waals surface area contributed by atoms with E-state index in [1.54, 1.807) is 6.92 Å². The van der Waals surface area contributed by atoms with Gasteiger partial charge in [0.2, 0.25) is 10.0 Å². The van der Waals surface area contributed by atoms with Crippen molar-refractivity contribution in [2.45, 2.75) is 44.0 Å². The molecule has 1 heterocycles. The summed E-state index contributed by atoms with van der Waals surface area (Å²) in [7, 11) is -2.76. The van der Waals surface area contributed by atoms with E-state index >= 15 is 0 Å². The van der Waals surface area contributed by atoms with Crippen LogP contribution >= 0.6 is 12.4 Å². The van der Waals surface area contributed by atoms with Crippen molar-refractivity contribution in [3.05, 3.63) is 17.1 Å². The van der Waals surface area contributed by atoms with Crippen molar-refractivity contribution in [2.24, 2.45) is 11.7 Å². The van der Waals surface area contributed by atoms with Crippen molar-refractivity contribution in [1.82, 2.24) is 4.72 Å². The molecule has 3 N–H and O–H groups in total. The topological polar surface area (TPSA) is 112 Å². The number of halogens is 1. The number of furan rings is 1. The fourth-order valence-electron chi connectivity index (χ4n) is 2.70. The van der Waals surface area contributed by atoms with E-state index in [2.05, 4.69) is 9.46 Å². The molecule has 23 heavy (non-hydrogen) atoms. The summed E-state index contributed by atoms with van der Waals surface area (Å²) in [4.78, 5) is 11.7. The number of hydrogen-bond acceptors (Lipinski definition) is 6. The number of carbonyl (C=O) groups excluding carboxylic acids is 1. The van der Waals surface area contributed by atoms with Crippen molar-refractivity contribution in [3.63, 3.8) is 0 Å². The van der Waals surface area contributed by atoms with E-state index in [1.165, 1.54) is 21.0 Å². The molecule has 1 unspecified atom stereocenters. The number of rotatable bonds is 6. The van der Waals surface area contributed by atoms with E-state index in [9.17, 15) is 13.2 Å². The summed E-state index contributed by atoms with van der Waals surface area (Å²) in [6.45, 7) is 4.99. The Morgan fingerprint density at radius 1 is 1.39 bits per heavy atom. The van der Waals surface area contributed by atoms with Crippen molar-refractivity contribution >= 4 is 28.4 Å². The Kier molecular flexibility index (Phi) is 5.90. The van der Waals surface area contributed by atoms with E-state index < -0.39 is 21.5 Å². The van der Waals surface area contributed by atoms with Gasteiger partial charge in [0, 0.05) is 12.1 Å². The lowest BCUT2D eigenvalue weighted by Gasteiger charge is -2.29. The molecule has 1 aliphatic rings. The van der Waals surface area contributed by atoms with Gasteiger partial charge in [-0.1, -0.05) is 0 Å². The van der Waals surface area contributed by atoms with Crippen molar-refractivity contribution in [1.29, 1.82) is 0 Å². The molecule has 1 aromatic rings. The van der Waals surface area contributed by atoms with Crippen molar-refractivity contribution in [2.75, 3.05) is 13.7 Å². The monoisotopic (exact) mass is 366 g/mol. The molecule has 0 aliphatic heterocycles. The Morgan fingerprint density at radius 2 is 1.96 bits per heavy atom. The molecule has 132 valence electrons. The van der Waals surface area contributed by atoms with Crippen LogP contribution in [0, 0.1) is 19.8 Å². The minimum Gasteiger partial charge on any atom is -0.465 e. The quantitative estimate of drug-likeness (QED) is 0.738. The highest BCUT2D eigenvalue weighted by Gasteiger charge is 2.45. The first kappa shape index (κ1) is 20.0. The van der Waals surface area contributed by atoms with Gasteiger partial charge in [-0.2, -0.15) is 0 Å². The fourth-order valence-corrected chi connectivity index (χ4v) is 4.58. The second kappa shape index (κ2) is 6.80. The Morgan fingerprint density at radius 3 is 2.39 bits per heavy atom. The van der Waals surface area contributed by atoms with Crippen LogP contribution < -0.4 is 10.5 Å². The Bertz CT molecular complexity index is 696. The first-order valence-corrected chi connectivity index (χ1v) is 8.57. The second-order valence-electron chi connectivity index (χ2n) is 5.91. The number of nitrogens with one attached hydrogen (secondary N) is 1. The minimum atomic E-state index is -3.96. The van der Waals surface area contributed by atoms with Crippen LogP contribution in [0.15, 0.2) is 9.31 Å². The summed E-state index contributed by atoms with van der Waals surface area (Å²) < 4.78 is 38.2. The highest BCUT2D eigenvalue weighted by Crippen LogP contribution is 2.40. The Balaban J connectivity index is 0.00000264. The molecule has 0 saturated heterocycles. The summed E-state index contributed by atoms with van der Waals surface area (Å²) in [6, 6.07) is 0. The van der Waals surface area contributed by atoms with Gasteiger partial charge in [0.25, 0.3) is 0 Å². The molecule has 9 heteroatoms. The summed E-state index contributed by atoms with van der Waals surface area (Å²) in [5.41, 5.74) is 4.96. The molecule has 2 rings (SSSR count). The van der Waals surface area contributed by atoms with Gasteiger partial charge in [0.05, 0.1) is 7.11 Å². The molecule has 1 fully saturated rings. The number of carbonyl (C=O) groups is 1. The van der Waals surface area contributed by atoms with Crippen LogP contribution in [0.1, 0.15) is 41.6 Å². The lowest BCUT2D eigenvalue weighted by atomic mass is 9.98. The molecule has 1 aliphatic carbocycles. The molecule has 0 aromatic carbocycles. The van der Waals surface area contributed by atoms with Crippen LogP contribution in [0.3, 0.4) is 0 Å². The van der Waals surface area contributed by atoms with Crippen LogP contribution in [0.2, 0.25) is 0 Å². The zero-order valence-electron chi connectivity index (χ0n) is 13.6. The smallest absolute Gasteiger partial charge is 0.342 e. The van der Waals surface area contributed by atoms with Crippen LogP contribution in [-0.4, -0.2) is 33.6 Å². The normalized spacial score (nSPS) is 17.3. The van der Waals surface area contributed by atoms with Crippen LogP contribution in [-0.2, 0) is 14.8 Å². The molecule has 1 aromatic heterocycles. The first-order chi connectivity index (χ1) is 10.2. The Hall–Kier alpha value is -1.09. The molecule has 0 amide bonds. The predicted molar refractivity (Wildman–Crippen MR) is 87.3 cm³/mol. The second-order valence-corrected chi connectivity index (χ2v) is 7.53. The summed E-state index contributed by atoms with van der Waals surface area (Å²) >= 11 is 0. The lowest BCUT2D eigenvalue weighted by molar-refractivity contribution is 0.0594. The van der Waals surface area contributed by atoms with E-state index in [1.807, 2.05) is 0 Å². The van der Waals surface area contributed by atoms with Gasteiger partial charge in [-0.05, 0) is 39.5 Å². The molecule has 1 atom stereocenters. The molecular weight excluding hydrogens is 344 g/mol. The highest BCUT2D eigenvalue weighted by molar-refractivity contribution is 7.89. The molecular formula is C14H23ClN2O5S. The van der Waals surface area contributed by atoms with Crippen molar-refractivity contribution in [3.8, 4) is 0 Å². The van der Waals surface area contributed by atoms with Gasteiger partial charge in [-0.3, -0.25) is 0 Å². The van der Waals surface area contributed by atoms with Crippen LogP contribution in [0.25, 0.3) is 0 Å². The molecule has 0 bridgehead atoms. The highest BCUT2D eigenvalue weighted by atomic mass is 35.5. The number of ether oxygens (including phenoxy) is 1. The Labute approximate surface area is 142 Å². The van der Waals surface area contributed by atoms with Crippen LogP contribution in [0.5, 0.6) is 0 Å². The van der Waals surface area contributed by atoms with Gasteiger partial charge in [-0.25, -0.2) is 17.9 Å². The average Bonchev–Trinajstić information content (AvgIpc) is 3.23. The third-order valence-corrected chi connectivity index (χ3v) is 5.90. The maximum absolute atomic E-state index is 12.8. The number of esters is 1. The minimum absolute atomic E-state index is 0. The van der Waals surface area contributed by atoms with E-state index in [4.69, 9.17) is 10.2 Å². The summed E-state index contributed by atoms with van der Waals surface area (Å²) in [6.07, 6.45) is 1.87. The maximum Gasteiger partial charge on any atom is 0.342 e. The molecule has 1 saturated carbocycles. The zero-order chi connectivity index (χ0) is 16.7. The predicted octanol–water partition coefficient (Wildman–Crippen LogP) is 1.51. The average molecular weight is 367 g/mol. The van der Waals surface area contributed by atoms with E-state index in [-0.39, 0.29) is 46.8 Å². The molecule has 7 nitrogen and oxygen atoms in total. The van der Waals surface area contributed by atoms with Gasteiger partial charge in [0.1, 0.15) is 22.0 Å². The molecule has 0 spiro atoms.